The summed E-state index contributed by atoms with van der Waals surface area (Å²) < 4.78 is 29.1. The van der Waals surface area contributed by atoms with Crippen LogP contribution < -0.4 is 10.6 Å². The van der Waals surface area contributed by atoms with Crippen molar-refractivity contribution in [1.29, 1.82) is 0 Å². The Balaban J connectivity index is 1.52. The highest BCUT2D eigenvalue weighted by atomic mass is 32.2. The van der Waals surface area contributed by atoms with E-state index in [2.05, 4.69) is 15.6 Å². The second-order valence-corrected chi connectivity index (χ2v) is 9.43. The molecule has 2 heterocycles. The summed E-state index contributed by atoms with van der Waals surface area (Å²) in [5, 5.41) is 5.70. The summed E-state index contributed by atoms with van der Waals surface area (Å²) in [6.07, 6.45) is 2.53. The van der Waals surface area contributed by atoms with Crippen molar-refractivity contribution in [3.63, 3.8) is 0 Å². The first-order valence-electron chi connectivity index (χ1n) is 8.66. The molecule has 0 fully saturated rings. The Bertz CT molecular complexity index is 1360. The standard InChI is InChI=1S/C20H15N3O5S2/c1-30(26,27)14-7-8-15-17(11-14)29-20(22-15)23-18(24)12-4-2-5-13(10-12)21-19(25)16-6-3-9-28-16/h2-11H,1H3,(H,21,25)(H,22,23,24). The van der Waals surface area contributed by atoms with Gasteiger partial charge in [-0.15, -0.1) is 0 Å². The number of thiazole rings is 1. The minimum atomic E-state index is -3.33. The summed E-state index contributed by atoms with van der Waals surface area (Å²) in [6, 6.07) is 14.2. The lowest BCUT2D eigenvalue weighted by molar-refractivity contribution is 0.0993. The second kappa shape index (κ2) is 7.73. The minimum Gasteiger partial charge on any atom is -0.459 e. The van der Waals surface area contributed by atoms with Crippen LogP contribution in [0.15, 0.2) is 70.2 Å². The number of benzene rings is 2. The number of furan rings is 1. The van der Waals surface area contributed by atoms with Gasteiger partial charge in [-0.1, -0.05) is 17.4 Å². The smallest absolute Gasteiger partial charge is 0.291 e. The van der Waals surface area contributed by atoms with Gasteiger partial charge in [0.15, 0.2) is 20.7 Å². The zero-order valence-corrected chi connectivity index (χ0v) is 17.2. The highest BCUT2D eigenvalue weighted by molar-refractivity contribution is 7.90. The molecule has 4 rings (SSSR count). The molecular formula is C20H15N3O5S2. The fourth-order valence-corrected chi connectivity index (χ4v) is 4.32. The number of amides is 2. The normalized spacial score (nSPS) is 11.4. The van der Waals surface area contributed by atoms with Crippen molar-refractivity contribution in [2.45, 2.75) is 4.90 Å². The molecule has 2 N–H and O–H groups in total. The maximum atomic E-state index is 12.6. The van der Waals surface area contributed by atoms with Gasteiger partial charge in [-0.25, -0.2) is 13.4 Å². The quantitative estimate of drug-likeness (QED) is 0.486. The van der Waals surface area contributed by atoms with Gasteiger partial charge >= 0.3 is 0 Å². The Morgan fingerprint density at radius 1 is 1.00 bits per heavy atom. The van der Waals surface area contributed by atoms with Crippen LogP contribution in [0.5, 0.6) is 0 Å². The van der Waals surface area contributed by atoms with Crippen molar-refractivity contribution >= 4 is 54.0 Å². The van der Waals surface area contributed by atoms with E-state index < -0.39 is 21.7 Å². The second-order valence-electron chi connectivity index (χ2n) is 6.39. The largest absolute Gasteiger partial charge is 0.459 e. The number of carbonyl (C=O) groups is 2. The van der Waals surface area contributed by atoms with Crippen LogP contribution in [0.25, 0.3) is 10.2 Å². The average Bonchev–Trinajstić information content (AvgIpc) is 3.36. The van der Waals surface area contributed by atoms with Crippen LogP contribution in [0.3, 0.4) is 0 Å². The van der Waals surface area contributed by atoms with E-state index >= 15 is 0 Å². The third-order valence-electron chi connectivity index (χ3n) is 4.14. The molecule has 152 valence electrons. The van der Waals surface area contributed by atoms with Crippen LogP contribution in [0.4, 0.5) is 10.8 Å². The van der Waals surface area contributed by atoms with Gasteiger partial charge < -0.3 is 9.73 Å². The highest BCUT2D eigenvalue weighted by Gasteiger charge is 2.14. The Kier molecular flexibility index (Phi) is 5.10. The van der Waals surface area contributed by atoms with Crippen molar-refractivity contribution in [3.8, 4) is 0 Å². The van der Waals surface area contributed by atoms with Gasteiger partial charge in [0.05, 0.1) is 21.4 Å². The topological polar surface area (TPSA) is 118 Å². The van der Waals surface area contributed by atoms with Crippen LogP contribution in [0, 0.1) is 0 Å². The van der Waals surface area contributed by atoms with Crippen molar-refractivity contribution in [1.82, 2.24) is 4.98 Å². The molecule has 2 amide bonds. The summed E-state index contributed by atoms with van der Waals surface area (Å²) in [5.74, 6) is -0.676. The number of aromatic nitrogens is 1. The first-order chi connectivity index (χ1) is 14.3. The lowest BCUT2D eigenvalue weighted by Gasteiger charge is -2.06. The number of hydrogen-bond donors (Lipinski definition) is 2. The van der Waals surface area contributed by atoms with E-state index in [0.717, 1.165) is 6.26 Å². The molecule has 2 aromatic heterocycles. The SMILES string of the molecule is CS(=O)(=O)c1ccc2nc(NC(=O)c3cccc(NC(=O)c4ccco4)c3)sc2c1. The van der Waals surface area contributed by atoms with E-state index in [1.54, 1.807) is 30.3 Å². The predicted octanol–water partition coefficient (Wildman–Crippen LogP) is 3.80. The number of nitrogens with zero attached hydrogens (tertiary/aromatic N) is 1. The predicted molar refractivity (Wildman–Crippen MR) is 114 cm³/mol. The van der Waals surface area contributed by atoms with Gasteiger partial charge in [0, 0.05) is 17.5 Å². The van der Waals surface area contributed by atoms with Gasteiger partial charge in [0.2, 0.25) is 0 Å². The highest BCUT2D eigenvalue weighted by Crippen LogP contribution is 2.28. The van der Waals surface area contributed by atoms with Crippen molar-refractivity contribution in [3.05, 3.63) is 72.2 Å². The molecule has 0 bridgehead atoms. The molecule has 8 nitrogen and oxygen atoms in total. The molecule has 0 saturated heterocycles. The van der Waals surface area contributed by atoms with Crippen LogP contribution in [0.1, 0.15) is 20.9 Å². The molecule has 0 aliphatic heterocycles. The molecule has 0 aliphatic carbocycles. The molecular weight excluding hydrogens is 426 g/mol. The number of carbonyl (C=O) groups excluding carboxylic acids is 2. The summed E-state index contributed by atoms with van der Waals surface area (Å²) in [5.41, 5.74) is 1.34. The number of rotatable bonds is 5. The van der Waals surface area contributed by atoms with Crippen LogP contribution >= 0.6 is 11.3 Å². The summed E-state index contributed by atoms with van der Waals surface area (Å²) in [6.45, 7) is 0. The Hall–Kier alpha value is -3.50. The van der Waals surface area contributed by atoms with Crippen molar-refractivity contribution < 1.29 is 22.4 Å². The molecule has 0 radical (unpaired) electrons. The number of hydrogen-bond acceptors (Lipinski definition) is 7. The van der Waals surface area contributed by atoms with Gasteiger partial charge in [-0.05, 0) is 48.5 Å². The lowest BCUT2D eigenvalue weighted by Crippen LogP contribution is -2.14. The number of anilines is 2. The van der Waals surface area contributed by atoms with Gasteiger partial charge in [0.25, 0.3) is 11.8 Å². The fraction of sp³-hybridized carbons (Fsp3) is 0.0500. The van der Waals surface area contributed by atoms with E-state index in [1.807, 2.05) is 0 Å². The maximum absolute atomic E-state index is 12.6. The first-order valence-corrected chi connectivity index (χ1v) is 11.4. The van der Waals surface area contributed by atoms with E-state index in [4.69, 9.17) is 4.42 Å². The average molecular weight is 441 g/mol. The van der Waals surface area contributed by atoms with Crippen LogP contribution in [-0.2, 0) is 9.84 Å². The van der Waals surface area contributed by atoms with Gasteiger partial charge in [0.1, 0.15) is 0 Å². The van der Waals surface area contributed by atoms with Crippen LogP contribution in [0.2, 0.25) is 0 Å². The van der Waals surface area contributed by atoms with Crippen molar-refractivity contribution in [2.75, 3.05) is 16.9 Å². The Morgan fingerprint density at radius 2 is 1.83 bits per heavy atom. The molecule has 0 spiro atoms. The summed E-state index contributed by atoms with van der Waals surface area (Å²) >= 11 is 1.17. The zero-order chi connectivity index (χ0) is 21.3. The summed E-state index contributed by atoms with van der Waals surface area (Å²) in [7, 11) is -3.33. The molecule has 2 aromatic carbocycles. The first kappa shape index (κ1) is 19.8. The molecule has 30 heavy (non-hydrogen) atoms. The monoisotopic (exact) mass is 441 g/mol. The summed E-state index contributed by atoms with van der Waals surface area (Å²) in [4.78, 5) is 29.2. The van der Waals surface area contributed by atoms with E-state index in [0.29, 0.717) is 26.6 Å². The molecule has 0 unspecified atom stereocenters. The molecule has 0 saturated carbocycles. The van der Waals surface area contributed by atoms with E-state index in [-0.39, 0.29) is 10.7 Å². The van der Waals surface area contributed by atoms with Crippen LogP contribution in [-0.4, -0.2) is 31.5 Å². The molecule has 4 aromatic rings. The molecule has 0 atom stereocenters. The maximum Gasteiger partial charge on any atom is 0.291 e. The van der Waals surface area contributed by atoms with Gasteiger partial charge in [-0.3, -0.25) is 14.9 Å². The number of nitrogens with one attached hydrogen (secondary N) is 2. The third-order valence-corrected chi connectivity index (χ3v) is 6.18. The van der Waals surface area contributed by atoms with Crippen molar-refractivity contribution in [2.24, 2.45) is 0 Å². The number of sulfone groups is 1. The molecule has 10 heteroatoms. The third kappa shape index (κ3) is 4.24. The van der Waals surface area contributed by atoms with Gasteiger partial charge in [-0.2, -0.15) is 0 Å². The van der Waals surface area contributed by atoms with E-state index in [9.17, 15) is 18.0 Å². The minimum absolute atomic E-state index is 0.160. The Morgan fingerprint density at radius 3 is 2.57 bits per heavy atom. The lowest BCUT2D eigenvalue weighted by atomic mass is 10.2. The molecule has 0 aliphatic rings. The zero-order valence-electron chi connectivity index (χ0n) is 15.6. The number of fused-ring (bicyclic) bond motifs is 1. The van der Waals surface area contributed by atoms with E-state index in [1.165, 1.54) is 41.9 Å². The Labute approximate surface area is 175 Å². The fourth-order valence-electron chi connectivity index (χ4n) is 2.70.